The Hall–Kier alpha value is -1.65. The molecule has 0 aromatic carbocycles. The van der Waals surface area contributed by atoms with Gasteiger partial charge in [0, 0.05) is 0 Å². The highest BCUT2D eigenvalue weighted by atomic mass is 35.5. The fourth-order valence-electron chi connectivity index (χ4n) is 1.75. The van der Waals surface area contributed by atoms with Gasteiger partial charge in [-0.3, -0.25) is 4.68 Å². The second-order valence-electron chi connectivity index (χ2n) is 4.21. The molecular formula is C11H9Cl2F3N4O3. The Morgan fingerprint density at radius 1 is 1.30 bits per heavy atom. The lowest BCUT2D eigenvalue weighted by atomic mass is 10.3. The summed E-state index contributed by atoms with van der Waals surface area (Å²) >= 11 is 11.6. The molecule has 0 unspecified atom stereocenters. The van der Waals surface area contributed by atoms with E-state index in [2.05, 4.69) is 24.5 Å². The summed E-state index contributed by atoms with van der Waals surface area (Å²) in [7, 11) is 1.14. The number of fused-ring (bicyclic) bond motifs is 1. The lowest BCUT2D eigenvalue weighted by Crippen LogP contribution is -2.19. The third kappa shape index (κ3) is 4.21. The lowest BCUT2D eigenvalue weighted by Gasteiger charge is -2.08. The number of alkyl halides is 3. The summed E-state index contributed by atoms with van der Waals surface area (Å²) in [6.07, 6.45) is -4.43. The minimum Gasteiger partial charge on any atom is -0.464 e. The van der Waals surface area contributed by atoms with Crippen molar-refractivity contribution < 1.29 is 27.4 Å². The number of hydrogen-bond donors (Lipinski definition) is 0. The summed E-state index contributed by atoms with van der Waals surface area (Å²) in [5, 5.41) is 3.62. The van der Waals surface area contributed by atoms with Crippen LogP contribution in [-0.4, -0.2) is 52.2 Å². The molecule has 126 valence electrons. The molecule has 0 bridgehead atoms. The van der Waals surface area contributed by atoms with E-state index in [1.165, 1.54) is 0 Å². The Labute approximate surface area is 137 Å². The van der Waals surface area contributed by atoms with Crippen LogP contribution in [-0.2, 0) is 16.0 Å². The molecule has 0 radical (unpaired) electrons. The Balaban J connectivity index is 2.31. The predicted octanol–water partition coefficient (Wildman–Crippen LogP) is 2.50. The highest BCUT2D eigenvalue weighted by molar-refractivity contribution is 6.35. The molecule has 0 N–H and O–H groups in total. The maximum absolute atomic E-state index is 12.0. The first kappa shape index (κ1) is 17.7. The van der Waals surface area contributed by atoms with Gasteiger partial charge in [-0.05, 0) is 11.6 Å². The lowest BCUT2D eigenvalue weighted by molar-refractivity contribution is -0.174. The van der Waals surface area contributed by atoms with Crippen LogP contribution in [0.15, 0.2) is 0 Å². The molecule has 2 heterocycles. The molecule has 0 saturated heterocycles. The van der Waals surface area contributed by atoms with Crippen molar-refractivity contribution >= 4 is 40.2 Å². The molecule has 0 saturated carbocycles. The van der Waals surface area contributed by atoms with Crippen molar-refractivity contribution in [1.29, 1.82) is 0 Å². The van der Waals surface area contributed by atoms with E-state index in [0.717, 1.165) is 11.8 Å². The maximum atomic E-state index is 12.0. The molecule has 2 rings (SSSR count). The van der Waals surface area contributed by atoms with Crippen molar-refractivity contribution in [2.75, 3.05) is 20.3 Å². The Bertz CT molecular complexity index is 735. The standard InChI is InChI=1S/C11H9Cl2F3N4O3/c1-22-9(21)6-5-7(8(12)18-10(13)17-5)20(19-6)2-3-23-4-11(14,15)16/h2-4H2,1H3. The van der Waals surface area contributed by atoms with Crippen molar-refractivity contribution in [1.82, 2.24) is 19.7 Å². The number of rotatable bonds is 5. The van der Waals surface area contributed by atoms with E-state index in [0.29, 0.717) is 0 Å². The van der Waals surface area contributed by atoms with Crippen LogP contribution in [0.1, 0.15) is 10.5 Å². The largest absolute Gasteiger partial charge is 0.464 e. The molecule has 0 amide bonds. The Kier molecular flexibility index (Phi) is 5.27. The molecule has 23 heavy (non-hydrogen) atoms. The first-order valence-corrected chi connectivity index (χ1v) is 6.81. The van der Waals surface area contributed by atoms with Crippen molar-refractivity contribution in [3.63, 3.8) is 0 Å². The summed E-state index contributed by atoms with van der Waals surface area (Å²) in [6.45, 7) is -1.81. The number of carbonyl (C=O) groups excluding carboxylic acids is 1. The summed E-state index contributed by atoms with van der Waals surface area (Å²) in [6, 6.07) is 0. The molecule has 7 nitrogen and oxygen atoms in total. The van der Waals surface area contributed by atoms with E-state index >= 15 is 0 Å². The molecular weight excluding hydrogens is 364 g/mol. The molecule has 0 atom stereocenters. The molecule has 2 aromatic heterocycles. The van der Waals surface area contributed by atoms with Crippen LogP contribution in [0, 0.1) is 0 Å². The van der Waals surface area contributed by atoms with Crippen molar-refractivity contribution in [3.05, 3.63) is 16.1 Å². The molecule has 0 fully saturated rings. The number of methoxy groups -OCH3 is 1. The normalized spacial score (nSPS) is 11.9. The molecule has 2 aromatic rings. The topological polar surface area (TPSA) is 79.1 Å². The van der Waals surface area contributed by atoms with Gasteiger partial charge in [0.25, 0.3) is 0 Å². The summed E-state index contributed by atoms with van der Waals surface area (Å²) in [5.41, 5.74) is 0.00858. The van der Waals surface area contributed by atoms with Crippen molar-refractivity contribution in [3.8, 4) is 0 Å². The summed E-state index contributed by atoms with van der Waals surface area (Å²) in [5.74, 6) is -0.796. The van der Waals surface area contributed by atoms with E-state index in [1.54, 1.807) is 0 Å². The fourth-order valence-corrected chi connectivity index (χ4v) is 2.23. The Morgan fingerprint density at radius 3 is 2.61 bits per heavy atom. The summed E-state index contributed by atoms with van der Waals surface area (Å²) in [4.78, 5) is 19.3. The van der Waals surface area contributed by atoms with E-state index in [9.17, 15) is 18.0 Å². The van der Waals surface area contributed by atoms with Crippen molar-refractivity contribution in [2.24, 2.45) is 0 Å². The van der Waals surface area contributed by atoms with Crippen LogP contribution in [0.25, 0.3) is 11.0 Å². The zero-order valence-electron chi connectivity index (χ0n) is 11.5. The van der Waals surface area contributed by atoms with E-state index in [1.807, 2.05) is 0 Å². The van der Waals surface area contributed by atoms with Crippen LogP contribution < -0.4 is 0 Å². The smallest absolute Gasteiger partial charge is 0.411 e. The molecule has 0 aliphatic rings. The molecule has 0 aliphatic carbocycles. The quantitative estimate of drug-likeness (QED) is 0.347. The zero-order valence-corrected chi connectivity index (χ0v) is 13.0. The fraction of sp³-hybridized carbons (Fsp3) is 0.455. The highest BCUT2D eigenvalue weighted by Gasteiger charge is 2.27. The number of carbonyl (C=O) groups is 1. The van der Waals surface area contributed by atoms with E-state index < -0.39 is 18.8 Å². The van der Waals surface area contributed by atoms with Gasteiger partial charge in [0.1, 0.15) is 17.6 Å². The first-order chi connectivity index (χ1) is 10.7. The number of ether oxygens (including phenoxy) is 2. The van der Waals surface area contributed by atoms with Crippen LogP contribution in [0.2, 0.25) is 10.4 Å². The Morgan fingerprint density at radius 2 is 2.00 bits per heavy atom. The van der Waals surface area contributed by atoms with E-state index in [4.69, 9.17) is 23.2 Å². The minimum absolute atomic E-state index is 0.0395. The second kappa shape index (κ2) is 6.85. The number of esters is 1. The van der Waals surface area contributed by atoms with Gasteiger partial charge in [-0.2, -0.15) is 18.3 Å². The number of halogens is 5. The SMILES string of the molecule is COC(=O)c1nn(CCOCC(F)(F)F)c2c(Cl)nc(Cl)nc12. The number of aromatic nitrogens is 4. The van der Waals surface area contributed by atoms with Gasteiger partial charge in [-0.15, -0.1) is 0 Å². The van der Waals surface area contributed by atoms with Gasteiger partial charge < -0.3 is 9.47 Å². The van der Waals surface area contributed by atoms with Crippen LogP contribution in [0.4, 0.5) is 13.2 Å². The molecule has 12 heteroatoms. The molecule has 0 aliphatic heterocycles. The average Bonchev–Trinajstić information content (AvgIpc) is 2.80. The molecule has 0 spiro atoms. The van der Waals surface area contributed by atoms with Crippen molar-refractivity contribution in [2.45, 2.75) is 12.7 Å². The van der Waals surface area contributed by atoms with Crippen LogP contribution >= 0.6 is 23.2 Å². The van der Waals surface area contributed by atoms with Crippen LogP contribution in [0.5, 0.6) is 0 Å². The van der Waals surface area contributed by atoms with Gasteiger partial charge in [0.05, 0.1) is 20.3 Å². The third-order valence-electron chi connectivity index (χ3n) is 2.61. The number of hydrogen-bond acceptors (Lipinski definition) is 6. The van der Waals surface area contributed by atoms with Gasteiger partial charge in [0.2, 0.25) is 5.28 Å². The van der Waals surface area contributed by atoms with E-state index in [-0.39, 0.29) is 40.3 Å². The number of nitrogens with zero attached hydrogens (tertiary/aromatic N) is 4. The van der Waals surface area contributed by atoms with Gasteiger partial charge in [-0.25, -0.2) is 14.8 Å². The van der Waals surface area contributed by atoms with Gasteiger partial charge >= 0.3 is 12.1 Å². The minimum atomic E-state index is -4.43. The van der Waals surface area contributed by atoms with Gasteiger partial charge in [0.15, 0.2) is 10.8 Å². The van der Waals surface area contributed by atoms with Gasteiger partial charge in [-0.1, -0.05) is 11.6 Å². The highest BCUT2D eigenvalue weighted by Crippen LogP contribution is 2.25. The predicted molar refractivity (Wildman–Crippen MR) is 73.6 cm³/mol. The first-order valence-electron chi connectivity index (χ1n) is 6.05. The second-order valence-corrected chi connectivity index (χ2v) is 4.91. The average molecular weight is 373 g/mol. The summed E-state index contributed by atoms with van der Waals surface area (Å²) < 4.78 is 46.3. The maximum Gasteiger partial charge on any atom is 0.411 e. The van der Waals surface area contributed by atoms with Crippen LogP contribution in [0.3, 0.4) is 0 Å². The monoisotopic (exact) mass is 372 g/mol. The zero-order chi connectivity index (χ0) is 17.2. The third-order valence-corrected chi connectivity index (χ3v) is 3.04.